The summed E-state index contributed by atoms with van der Waals surface area (Å²) < 4.78 is 0. The van der Waals surface area contributed by atoms with Crippen molar-refractivity contribution < 1.29 is 0 Å². The number of hydrogen-bond donors (Lipinski definition) is 0. The second kappa shape index (κ2) is 8.29. The van der Waals surface area contributed by atoms with Gasteiger partial charge in [0.2, 0.25) is 0 Å². The van der Waals surface area contributed by atoms with Crippen molar-refractivity contribution in [1.29, 1.82) is 0 Å². The van der Waals surface area contributed by atoms with Gasteiger partial charge in [-0.15, -0.1) is 5.92 Å². The summed E-state index contributed by atoms with van der Waals surface area (Å²) in [5.41, 5.74) is 1.35. The maximum atomic E-state index is 4.01. The lowest BCUT2D eigenvalue weighted by atomic mass is 10.0. The molecule has 2 atom stereocenters. The van der Waals surface area contributed by atoms with Crippen LogP contribution in [0.3, 0.4) is 0 Å². The molecule has 0 bridgehead atoms. The van der Waals surface area contributed by atoms with Crippen molar-refractivity contribution in [2.24, 2.45) is 16.8 Å². The molecule has 0 aromatic rings. The molecule has 0 aromatic carbocycles. The van der Waals surface area contributed by atoms with Crippen molar-refractivity contribution in [2.45, 2.75) is 40.5 Å². The molecule has 0 aliphatic heterocycles. The topological polar surface area (TPSA) is 12.4 Å². The zero-order valence-corrected chi connectivity index (χ0v) is 10.7. The van der Waals surface area contributed by atoms with Gasteiger partial charge in [0.25, 0.3) is 0 Å². The molecule has 0 heterocycles. The van der Waals surface area contributed by atoms with Crippen LogP contribution in [0.2, 0.25) is 0 Å². The van der Waals surface area contributed by atoms with E-state index in [9.17, 15) is 0 Å². The molecule has 15 heavy (non-hydrogen) atoms. The largest absolute Gasteiger partial charge is 0.301 e. The van der Waals surface area contributed by atoms with Crippen LogP contribution in [0.5, 0.6) is 0 Å². The summed E-state index contributed by atoms with van der Waals surface area (Å²) in [6.07, 6.45) is 6.19. The van der Waals surface area contributed by atoms with E-state index in [1.54, 1.807) is 0 Å². The molecule has 1 heteroatoms. The molecule has 0 aliphatic rings. The molecular formula is C14H23N. The van der Waals surface area contributed by atoms with Gasteiger partial charge in [-0.25, -0.2) is 0 Å². The Kier molecular flexibility index (Phi) is 7.72. The first-order valence-corrected chi connectivity index (χ1v) is 5.65. The molecule has 0 saturated heterocycles. The molecule has 0 N–H and O–H groups in total. The van der Waals surface area contributed by atoms with Gasteiger partial charge in [-0.05, 0) is 33.1 Å². The third kappa shape index (κ3) is 6.96. The van der Waals surface area contributed by atoms with E-state index < -0.39 is 0 Å². The highest BCUT2D eigenvalue weighted by Gasteiger charge is 1.97. The van der Waals surface area contributed by atoms with Gasteiger partial charge < -0.3 is 4.99 Å². The second-order valence-electron chi connectivity index (χ2n) is 4.00. The Bertz CT molecular complexity index is 275. The number of rotatable bonds is 4. The minimum Gasteiger partial charge on any atom is -0.301 e. The molecule has 2 unspecified atom stereocenters. The van der Waals surface area contributed by atoms with Crippen LogP contribution >= 0.6 is 0 Å². The van der Waals surface area contributed by atoms with Gasteiger partial charge in [-0.1, -0.05) is 24.5 Å². The highest BCUT2D eigenvalue weighted by atomic mass is 14.6. The van der Waals surface area contributed by atoms with Crippen LogP contribution < -0.4 is 0 Å². The molecular weight excluding hydrogens is 182 g/mol. The molecule has 84 valence electrons. The maximum absolute atomic E-state index is 4.01. The molecule has 0 fully saturated rings. The lowest BCUT2D eigenvalue weighted by Crippen LogP contribution is -1.95. The zero-order valence-electron chi connectivity index (χ0n) is 10.7. The Morgan fingerprint density at radius 2 is 2.07 bits per heavy atom. The predicted molar refractivity (Wildman–Crippen MR) is 69.2 cm³/mol. The van der Waals surface area contributed by atoms with Crippen molar-refractivity contribution in [3.8, 4) is 11.8 Å². The van der Waals surface area contributed by atoms with Gasteiger partial charge in [0.05, 0.1) is 0 Å². The first-order valence-electron chi connectivity index (χ1n) is 5.65. The number of aliphatic imine (C=N–C) groups is 1. The highest BCUT2D eigenvalue weighted by molar-refractivity contribution is 5.59. The highest BCUT2D eigenvalue weighted by Crippen LogP contribution is 2.08. The van der Waals surface area contributed by atoms with Crippen LogP contribution in [0.25, 0.3) is 0 Å². The Morgan fingerprint density at radius 1 is 1.40 bits per heavy atom. The van der Waals surface area contributed by atoms with E-state index in [4.69, 9.17) is 0 Å². The van der Waals surface area contributed by atoms with Gasteiger partial charge in [0, 0.05) is 25.6 Å². The minimum absolute atomic E-state index is 0.394. The monoisotopic (exact) mass is 205 g/mol. The van der Waals surface area contributed by atoms with Gasteiger partial charge in [0.15, 0.2) is 0 Å². The van der Waals surface area contributed by atoms with Gasteiger partial charge in [0.1, 0.15) is 0 Å². The normalized spacial score (nSPS) is 15.9. The van der Waals surface area contributed by atoms with Crippen LogP contribution in [-0.4, -0.2) is 13.3 Å². The second-order valence-corrected chi connectivity index (χ2v) is 4.00. The molecule has 0 radical (unpaired) electrons. The summed E-state index contributed by atoms with van der Waals surface area (Å²) >= 11 is 0. The fourth-order valence-corrected chi connectivity index (χ4v) is 1.22. The lowest BCUT2D eigenvalue weighted by molar-refractivity contribution is 0.713. The summed E-state index contributed by atoms with van der Waals surface area (Å²) in [5.74, 6) is 7.44. The summed E-state index contributed by atoms with van der Waals surface area (Å²) in [6.45, 7) is 8.52. The average Bonchev–Trinajstić information content (AvgIpc) is 2.23. The number of nitrogens with zero attached hydrogens (tertiary/aromatic N) is 1. The summed E-state index contributed by atoms with van der Waals surface area (Å²) in [4.78, 5) is 4.01. The zero-order chi connectivity index (χ0) is 11.7. The van der Waals surface area contributed by atoms with Crippen molar-refractivity contribution in [1.82, 2.24) is 0 Å². The third-order valence-corrected chi connectivity index (χ3v) is 2.59. The first kappa shape index (κ1) is 14.0. The van der Waals surface area contributed by atoms with E-state index in [1.165, 1.54) is 5.57 Å². The average molecular weight is 205 g/mol. The van der Waals surface area contributed by atoms with E-state index in [0.717, 1.165) is 12.8 Å². The molecule has 0 saturated carbocycles. The number of hydrogen-bond acceptors (Lipinski definition) is 1. The fourth-order valence-electron chi connectivity index (χ4n) is 1.22. The van der Waals surface area contributed by atoms with Crippen molar-refractivity contribution in [3.05, 3.63) is 11.6 Å². The van der Waals surface area contributed by atoms with Crippen LogP contribution in [0, 0.1) is 23.7 Å². The molecule has 0 aliphatic carbocycles. The van der Waals surface area contributed by atoms with Crippen LogP contribution in [0.4, 0.5) is 0 Å². The summed E-state index contributed by atoms with van der Waals surface area (Å²) in [6, 6.07) is 0. The predicted octanol–water partition coefficient (Wildman–Crippen LogP) is 3.71. The molecule has 0 amide bonds. The van der Waals surface area contributed by atoms with Crippen LogP contribution in [0.1, 0.15) is 40.5 Å². The van der Waals surface area contributed by atoms with Crippen molar-refractivity contribution in [2.75, 3.05) is 7.05 Å². The minimum atomic E-state index is 0.394. The molecule has 0 aromatic heterocycles. The van der Waals surface area contributed by atoms with Crippen molar-refractivity contribution >= 4 is 6.21 Å². The smallest absolute Gasteiger partial charge is 0.0380 e. The van der Waals surface area contributed by atoms with E-state index in [2.05, 4.69) is 50.6 Å². The van der Waals surface area contributed by atoms with E-state index in [-0.39, 0.29) is 0 Å². The van der Waals surface area contributed by atoms with E-state index >= 15 is 0 Å². The Morgan fingerprint density at radius 3 is 2.60 bits per heavy atom. The third-order valence-electron chi connectivity index (χ3n) is 2.59. The molecule has 0 spiro atoms. The van der Waals surface area contributed by atoms with Crippen molar-refractivity contribution in [3.63, 3.8) is 0 Å². The van der Waals surface area contributed by atoms with Gasteiger partial charge in [-0.2, -0.15) is 0 Å². The fraction of sp³-hybridized carbons (Fsp3) is 0.643. The summed E-state index contributed by atoms with van der Waals surface area (Å²) in [5, 5.41) is 0. The Hall–Kier alpha value is -1.03. The molecule has 1 nitrogen and oxygen atoms in total. The van der Waals surface area contributed by atoms with Crippen LogP contribution in [0.15, 0.2) is 16.6 Å². The summed E-state index contributed by atoms with van der Waals surface area (Å²) in [7, 11) is 1.82. The SMILES string of the molecule is C/C=C(\C)C(C)C#CCCC(C)/C=N/C. The van der Waals surface area contributed by atoms with E-state index in [1.807, 2.05) is 13.3 Å². The van der Waals surface area contributed by atoms with Gasteiger partial charge in [-0.3, -0.25) is 0 Å². The molecule has 0 rings (SSSR count). The standard InChI is InChI=1S/C14H23N/c1-6-13(3)14(4)10-8-7-9-12(2)11-15-5/h6,11-12,14H,7,9H2,1-5H3/b13-6+,15-11+. The Balaban J connectivity index is 3.90. The van der Waals surface area contributed by atoms with E-state index in [0.29, 0.717) is 11.8 Å². The van der Waals surface area contributed by atoms with Gasteiger partial charge >= 0.3 is 0 Å². The quantitative estimate of drug-likeness (QED) is 0.377. The lowest BCUT2D eigenvalue weighted by Gasteiger charge is -2.03. The Labute approximate surface area is 94.7 Å². The van der Waals surface area contributed by atoms with Crippen LogP contribution in [-0.2, 0) is 0 Å². The maximum Gasteiger partial charge on any atom is 0.0380 e. The first-order chi connectivity index (χ1) is 7.11. The number of allylic oxidation sites excluding steroid dienone is 2.